The van der Waals surface area contributed by atoms with Crippen LogP contribution in [0, 0.1) is 25.7 Å². The van der Waals surface area contributed by atoms with Crippen molar-refractivity contribution >= 4 is 29.4 Å². The number of aryl methyl sites for hydroxylation is 2. The summed E-state index contributed by atoms with van der Waals surface area (Å²) in [5, 5.41) is 0. The molecule has 0 aromatic heterocycles. The van der Waals surface area contributed by atoms with Crippen molar-refractivity contribution in [1.29, 1.82) is 0 Å². The van der Waals surface area contributed by atoms with Crippen LogP contribution >= 0.6 is 0 Å². The molecule has 0 radical (unpaired) electrons. The monoisotopic (exact) mass is 526 g/mol. The number of hydrogen-bond donors (Lipinski definition) is 0. The number of carbonyl (C=O) groups is 2. The lowest BCUT2D eigenvalue weighted by Crippen LogP contribution is -2.54. The fourth-order valence-electron chi connectivity index (χ4n) is 7.19. The van der Waals surface area contributed by atoms with Gasteiger partial charge in [0.2, 0.25) is 11.8 Å². The van der Waals surface area contributed by atoms with E-state index >= 15 is 0 Å². The number of hydrogen-bond acceptors (Lipinski definition) is 4. The van der Waals surface area contributed by atoms with Gasteiger partial charge >= 0.3 is 0 Å². The van der Waals surface area contributed by atoms with Crippen molar-refractivity contribution in [2.45, 2.75) is 32.1 Å². The van der Waals surface area contributed by atoms with Crippen LogP contribution in [0.5, 0.6) is 5.75 Å². The molecule has 4 aliphatic rings. The molecular formula is C35H30N2O3. The maximum Gasteiger partial charge on any atom is 0.239 e. The van der Waals surface area contributed by atoms with E-state index in [1.54, 1.807) is 12.1 Å². The molecule has 40 heavy (non-hydrogen) atoms. The Balaban J connectivity index is 1.46. The van der Waals surface area contributed by atoms with Crippen LogP contribution < -0.4 is 9.64 Å². The molecule has 0 saturated carbocycles. The SMILES string of the molecule is CCOc1ccc(N2C(=O)C3C4c5ccccc5C(C=Nc5cc(C)ccc5C)(c5ccccc54)C3C2=O)cc1. The summed E-state index contributed by atoms with van der Waals surface area (Å²) in [5.74, 6) is -0.945. The maximum atomic E-state index is 14.5. The summed E-state index contributed by atoms with van der Waals surface area (Å²) >= 11 is 0. The predicted octanol–water partition coefficient (Wildman–Crippen LogP) is 6.66. The van der Waals surface area contributed by atoms with Crippen LogP contribution in [-0.2, 0) is 15.0 Å². The average Bonchev–Trinajstić information content (AvgIpc) is 3.25. The van der Waals surface area contributed by atoms with Crippen LogP contribution in [0.15, 0.2) is 96.0 Å². The fourth-order valence-corrected chi connectivity index (χ4v) is 7.19. The lowest BCUT2D eigenvalue weighted by Gasteiger charge is -2.52. The van der Waals surface area contributed by atoms with Crippen LogP contribution in [0.2, 0.25) is 0 Å². The van der Waals surface area contributed by atoms with Crippen LogP contribution in [-0.4, -0.2) is 24.6 Å². The van der Waals surface area contributed by atoms with Crippen molar-refractivity contribution in [3.8, 4) is 5.75 Å². The first-order valence-electron chi connectivity index (χ1n) is 13.9. The summed E-state index contributed by atoms with van der Waals surface area (Å²) < 4.78 is 5.60. The predicted molar refractivity (Wildman–Crippen MR) is 157 cm³/mol. The van der Waals surface area contributed by atoms with Gasteiger partial charge in [-0.15, -0.1) is 0 Å². The Morgan fingerprint density at radius 2 is 1.50 bits per heavy atom. The number of aliphatic imine (C=N–C) groups is 1. The van der Waals surface area contributed by atoms with E-state index in [0.29, 0.717) is 18.0 Å². The molecule has 3 aliphatic carbocycles. The summed E-state index contributed by atoms with van der Waals surface area (Å²) in [7, 11) is 0. The van der Waals surface area contributed by atoms with Crippen LogP contribution in [0.4, 0.5) is 11.4 Å². The van der Waals surface area contributed by atoms with E-state index < -0.39 is 17.3 Å². The molecule has 8 rings (SSSR count). The topological polar surface area (TPSA) is 59.0 Å². The van der Waals surface area contributed by atoms with Gasteiger partial charge in [-0.2, -0.15) is 0 Å². The molecule has 1 saturated heterocycles. The minimum atomic E-state index is -0.879. The minimum absolute atomic E-state index is 0.155. The fraction of sp³-hybridized carbons (Fsp3) is 0.229. The van der Waals surface area contributed by atoms with Gasteiger partial charge in [0.1, 0.15) is 5.75 Å². The van der Waals surface area contributed by atoms with Crippen molar-refractivity contribution in [2.75, 3.05) is 11.5 Å². The third-order valence-electron chi connectivity index (χ3n) is 8.86. The zero-order valence-corrected chi connectivity index (χ0v) is 22.8. The standard InChI is InChI=1S/C35H30N2O3/c1-4-40-24-17-15-23(16-18-24)37-33(38)31-30-25-9-5-7-11-27(25)35(32(31)34(37)39,28-12-8-6-10-26(28)30)20-36-29-19-21(2)13-14-22(29)3/h5-20,30-32H,4H2,1-3H3. The summed E-state index contributed by atoms with van der Waals surface area (Å²) in [6.07, 6.45) is 1.96. The lowest BCUT2D eigenvalue weighted by molar-refractivity contribution is -0.122. The van der Waals surface area contributed by atoms with Gasteiger partial charge in [-0.1, -0.05) is 60.7 Å². The highest BCUT2D eigenvalue weighted by Gasteiger charge is 2.67. The molecule has 0 spiro atoms. The van der Waals surface area contributed by atoms with E-state index in [1.165, 1.54) is 4.90 Å². The van der Waals surface area contributed by atoms with Crippen LogP contribution in [0.1, 0.15) is 46.2 Å². The Bertz CT molecular complexity index is 1660. The highest BCUT2D eigenvalue weighted by molar-refractivity contribution is 6.25. The first kappa shape index (κ1) is 24.5. The Hall–Kier alpha value is -4.51. The van der Waals surface area contributed by atoms with Crippen molar-refractivity contribution in [3.63, 3.8) is 0 Å². The van der Waals surface area contributed by atoms with E-state index in [0.717, 1.165) is 39.1 Å². The summed E-state index contributed by atoms with van der Waals surface area (Å²) in [5.41, 5.74) is 7.06. The molecule has 0 N–H and O–H groups in total. The van der Waals surface area contributed by atoms with E-state index in [2.05, 4.69) is 49.4 Å². The molecule has 4 aromatic carbocycles. The van der Waals surface area contributed by atoms with Crippen LogP contribution in [0.3, 0.4) is 0 Å². The van der Waals surface area contributed by atoms with Crippen molar-refractivity contribution < 1.29 is 14.3 Å². The molecule has 5 nitrogen and oxygen atoms in total. The van der Waals surface area contributed by atoms with Gasteiger partial charge in [0.25, 0.3) is 0 Å². The number of rotatable bonds is 5. The second kappa shape index (κ2) is 9.02. The number of benzene rings is 4. The third kappa shape index (κ3) is 3.30. The van der Waals surface area contributed by atoms with E-state index in [1.807, 2.05) is 56.5 Å². The molecule has 198 valence electrons. The van der Waals surface area contributed by atoms with Crippen LogP contribution in [0.25, 0.3) is 0 Å². The smallest absolute Gasteiger partial charge is 0.239 e. The Morgan fingerprint density at radius 1 is 0.850 bits per heavy atom. The lowest BCUT2D eigenvalue weighted by atomic mass is 9.47. The number of imide groups is 1. The molecule has 1 heterocycles. The number of carbonyl (C=O) groups excluding carboxylic acids is 2. The largest absolute Gasteiger partial charge is 0.494 e. The van der Waals surface area contributed by atoms with Gasteiger partial charge in [-0.3, -0.25) is 14.6 Å². The average molecular weight is 527 g/mol. The second-order valence-corrected chi connectivity index (χ2v) is 11.0. The molecule has 1 aliphatic heterocycles. The Morgan fingerprint density at radius 3 is 2.15 bits per heavy atom. The number of anilines is 1. The van der Waals surface area contributed by atoms with Gasteiger partial charge < -0.3 is 4.74 Å². The summed E-state index contributed by atoms with van der Waals surface area (Å²) in [4.78, 5) is 35.3. The molecular weight excluding hydrogens is 496 g/mol. The van der Waals surface area contributed by atoms with Gasteiger partial charge in [-0.05, 0) is 84.5 Å². The molecule has 5 heteroatoms. The summed E-state index contributed by atoms with van der Waals surface area (Å²) in [6.45, 7) is 6.57. The zero-order chi connectivity index (χ0) is 27.6. The van der Waals surface area contributed by atoms with Gasteiger partial charge in [0, 0.05) is 12.1 Å². The molecule has 4 aromatic rings. The van der Waals surface area contributed by atoms with Crippen molar-refractivity contribution in [3.05, 3.63) is 124 Å². The van der Waals surface area contributed by atoms with Gasteiger partial charge in [0.15, 0.2) is 0 Å². The Labute approximate surface area is 234 Å². The Kier molecular flexibility index (Phi) is 5.53. The van der Waals surface area contributed by atoms with Crippen molar-refractivity contribution in [1.82, 2.24) is 0 Å². The summed E-state index contributed by atoms with van der Waals surface area (Å²) in [6, 6.07) is 30.0. The highest BCUT2D eigenvalue weighted by Crippen LogP contribution is 2.63. The molecule has 2 amide bonds. The van der Waals surface area contributed by atoms with Crippen molar-refractivity contribution in [2.24, 2.45) is 16.8 Å². The normalized spacial score (nSPS) is 24.3. The number of amides is 2. The number of ether oxygens (including phenoxy) is 1. The first-order valence-corrected chi connectivity index (χ1v) is 13.9. The molecule has 2 atom stereocenters. The second-order valence-electron chi connectivity index (χ2n) is 11.0. The van der Waals surface area contributed by atoms with Gasteiger partial charge in [0.05, 0.1) is 35.2 Å². The highest BCUT2D eigenvalue weighted by atomic mass is 16.5. The zero-order valence-electron chi connectivity index (χ0n) is 22.8. The molecule has 1 fully saturated rings. The minimum Gasteiger partial charge on any atom is -0.494 e. The third-order valence-corrected chi connectivity index (χ3v) is 8.86. The number of nitrogens with zero attached hydrogens (tertiary/aromatic N) is 2. The molecule has 2 bridgehead atoms. The molecule has 2 unspecified atom stereocenters. The maximum absolute atomic E-state index is 14.5. The van der Waals surface area contributed by atoms with E-state index in [4.69, 9.17) is 9.73 Å². The van der Waals surface area contributed by atoms with E-state index in [9.17, 15) is 9.59 Å². The first-order chi connectivity index (χ1) is 19.5. The van der Waals surface area contributed by atoms with Gasteiger partial charge in [-0.25, -0.2) is 4.90 Å². The quantitative estimate of drug-likeness (QED) is 0.216. The van der Waals surface area contributed by atoms with E-state index in [-0.39, 0.29) is 17.7 Å².